The number of rotatable bonds is 8. The first-order valence-electron chi connectivity index (χ1n) is 7.09. The maximum Gasteiger partial charge on any atom is 0.333 e. The summed E-state index contributed by atoms with van der Waals surface area (Å²) in [5.74, 6) is 0.0761. The Balaban J connectivity index is 3.20. The Bertz CT molecular complexity index is 525. The molecule has 1 rings (SSSR count). The molecule has 0 saturated carbocycles. The minimum absolute atomic E-state index is 0.0297. The van der Waals surface area contributed by atoms with Crippen LogP contribution in [0.4, 0.5) is 11.4 Å². The molecule has 0 aliphatic heterocycles. The SMILES string of the molecule is CCCOc1cccc(N(CC)CC(C)C#N)c1[N+](=O)[O-]. The molecule has 21 heavy (non-hydrogen) atoms. The Morgan fingerprint density at radius 3 is 2.71 bits per heavy atom. The summed E-state index contributed by atoms with van der Waals surface area (Å²) in [6.07, 6.45) is 0.782. The molecule has 6 heteroatoms. The van der Waals surface area contributed by atoms with Gasteiger partial charge in [0.25, 0.3) is 0 Å². The zero-order valence-electron chi connectivity index (χ0n) is 12.7. The summed E-state index contributed by atoms with van der Waals surface area (Å²) in [5, 5.41) is 20.4. The molecule has 0 amide bonds. The van der Waals surface area contributed by atoms with E-state index in [1.807, 2.05) is 18.7 Å². The molecule has 1 atom stereocenters. The monoisotopic (exact) mass is 291 g/mol. The first-order valence-corrected chi connectivity index (χ1v) is 7.09. The standard InChI is InChI=1S/C15H21N3O3/c1-4-9-21-14-8-6-7-13(15(14)18(19)20)17(5-2)11-12(3)10-16/h6-8,12H,4-5,9,11H2,1-3H3. The van der Waals surface area contributed by atoms with Crippen LogP contribution in [0.5, 0.6) is 5.75 Å². The Labute approximate surface area is 125 Å². The quantitative estimate of drug-likeness (QED) is 0.542. The van der Waals surface area contributed by atoms with E-state index in [0.717, 1.165) is 6.42 Å². The van der Waals surface area contributed by atoms with Gasteiger partial charge in [0, 0.05) is 13.1 Å². The number of nitrogens with zero attached hydrogens (tertiary/aromatic N) is 3. The highest BCUT2D eigenvalue weighted by Crippen LogP contribution is 2.37. The van der Waals surface area contributed by atoms with Crippen molar-refractivity contribution in [3.8, 4) is 11.8 Å². The number of benzene rings is 1. The van der Waals surface area contributed by atoms with Gasteiger partial charge in [-0.3, -0.25) is 10.1 Å². The lowest BCUT2D eigenvalue weighted by molar-refractivity contribution is -0.385. The Hall–Kier alpha value is -2.29. The van der Waals surface area contributed by atoms with Crippen LogP contribution in [0.25, 0.3) is 0 Å². The van der Waals surface area contributed by atoms with E-state index in [1.165, 1.54) is 0 Å². The third-order valence-electron chi connectivity index (χ3n) is 3.06. The smallest absolute Gasteiger partial charge is 0.333 e. The second kappa shape index (κ2) is 8.10. The Morgan fingerprint density at radius 2 is 2.19 bits per heavy atom. The molecule has 1 aromatic rings. The van der Waals surface area contributed by atoms with E-state index >= 15 is 0 Å². The van der Waals surface area contributed by atoms with Crippen molar-refractivity contribution in [3.05, 3.63) is 28.3 Å². The van der Waals surface area contributed by atoms with E-state index in [1.54, 1.807) is 25.1 Å². The van der Waals surface area contributed by atoms with Crippen LogP contribution in [0.2, 0.25) is 0 Å². The van der Waals surface area contributed by atoms with Gasteiger partial charge in [0.2, 0.25) is 0 Å². The summed E-state index contributed by atoms with van der Waals surface area (Å²) in [7, 11) is 0. The van der Waals surface area contributed by atoms with E-state index in [-0.39, 0.29) is 17.4 Å². The topological polar surface area (TPSA) is 79.4 Å². The van der Waals surface area contributed by atoms with Crippen LogP contribution in [-0.2, 0) is 0 Å². The number of hydrogen-bond acceptors (Lipinski definition) is 5. The predicted octanol–water partition coefficient (Wildman–Crippen LogP) is 3.37. The summed E-state index contributed by atoms with van der Waals surface area (Å²) >= 11 is 0. The third kappa shape index (κ3) is 4.35. The van der Waals surface area contributed by atoms with Crippen LogP contribution in [-0.4, -0.2) is 24.6 Å². The first kappa shape index (κ1) is 16.8. The third-order valence-corrected chi connectivity index (χ3v) is 3.06. The number of nitro benzene ring substituents is 1. The van der Waals surface area contributed by atoms with Crippen molar-refractivity contribution in [1.82, 2.24) is 0 Å². The molecule has 1 unspecified atom stereocenters. The minimum atomic E-state index is -0.417. The van der Waals surface area contributed by atoms with Gasteiger partial charge in [-0.05, 0) is 32.4 Å². The molecule has 6 nitrogen and oxygen atoms in total. The summed E-state index contributed by atoms with van der Waals surface area (Å²) in [4.78, 5) is 12.8. The fraction of sp³-hybridized carbons (Fsp3) is 0.533. The highest BCUT2D eigenvalue weighted by Gasteiger charge is 2.25. The van der Waals surface area contributed by atoms with Gasteiger partial charge in [-0.2, -0.15) is 5.26 Å². The number of nitro groups is 1. The molecule has 0 fully saturated rings. The molecular formula is C15H21N3O3. The van der Waals surface area contributed by atoms with Crippen LogP contribution < -0.4 is 9.64 Å². The average Bonchev–Trinajstić information content (AvgIpc) is 2.49. The second-order valence-corrected chi connectivity index (χ2v) is 4.80. The van der Waals surface area contributed by atoms with Crippen molar-refractivity contribution in [2.24, 2.45) is 5.92 Å². The highest BCUT2D eigenvalue weighted by atomic mass is 16.6. The molecule has 0 heterocycles. The van der Waals surface area contributed by atoms with E-state index < -0.39 is 4.92 Å². The average molecular weight is 291 g/mol. The van der Waals surface area contributed by atoms with Crippen molar-refractivity contribution >= 4 is 11.4 Å². The minimum Gasteiger partial charge on any atom is -0.487 e. The van der Waals surface area contributed by atoms with Crippen molar-refractivity contribution in [2.45, 2.75) is 27.2 Å². The van der Waals surface area contributed by atoms with Gasteiger partial charge in [0.15, 0.2) is 5.75 Å². The molecule has 1 aromatic carbocycles. The van der Waals surface area contributed by atoms with Crippen LogP contribution >= 0.6 is 0 Å². The number of hydrogen-bond donors (Lipinski definition) is 0. The Morgan fingerprint density at radius 1 is 1.48 bits per heavy atom. The molecule has 114 valence electrons. The lowest BCUT2D eigenvalue weighted by Gasteiger charge is -2.24. The van der Waals surface area contributed by atoms with Crippen LogP contribution in [0, 0.1) is 27.4 Å². The lowest BCUT2D eigenvalue weighted by atomic mass is 10.1. The number of anilines is 1. The maximum atomic E-state index is 11.4. The summed E-state index contributed by atoms with van der Waals surface area (Å²) < 4.78 is 5.48. The van der Waals surface area contributed by atoms with Crippen molar-refractivity contribution in [3.63, 3.8) is 0 Å². The van der Waals surface area contributed by atoms with Crippen molar-refractivity contribution < 1.29 is 9.66 Å². The zero-order chi connectivity index (χ0) is 15.8. The second-order valence-electron chi connectivity index (χ2n) is 4.80. The maximum absolute atomic E-state index is 11.4. The Kier molecular flexibility index (Phi) is 6.47. The zero-order valence-corrected chi connectivity index (χ0v) is 12.7. The van der Waals surface area contributed by atoms with E-state index in [2.05, 4.69) is 6.07 Å². The molecule has 0 N–H and O–H groups in total. The van der Waals surface area contributed by atoms with Crippen molar-refractivity contribution in [1.29, 1.82) is 5.26 Å². The lowest BCUT2D eigenvalue weighted by Crippen LogP contribution is -2.28. The van der Waals surface area contributed by atoms with Crippen LogP contribution in [0.1, 0.15) is 27.2 Å². The highest BCUT2D eigenvalue weighted by molar-refractivity contribution is 5.69. The van der Waals surface area contributed by atoms with Gasteiger partial charge in [-0.15, -0.1) is 0 Å². The van der Waals surface area contributed by atoms with Gasteiger partial charge in [0.1, 0.15) is 5.69 Å². The molecule has 0 saturated heterocycles. The van der Waals surface area contributed by atoms with E-state index in [9.17, 15) is 10.1 Å². The molecule has 0 aliphatic carbocycles. The van der Waals surface area contributed by atoms with E-state index in [4.69, 9.17) is 10.00 Å². The van der Waals surface area contributed by atoms with Gasteiger partial charge in [0.05, 0.1) is 23.5 Å². The number of para-hydroxylation sites is 1. The van der Waals surface area contributed by atoms with Gasteiger partial charge in [-0.25, -0.2) is 0 Å². The van der Waals surface area contributed by atoms with Gasteiger partial charge >= 0.3 is 5.69 Å². The summed E-state index contributed by atoms with van der Waals surface area (Å²) in [5.41, 5.74) is 0.469. The predicted molar refractivity (Wildman–Crippen MR) is 81.5 cm³/mol. The summed E-state index contributed by atoms with van der Waals surface area (Å²) in [6.45, 7) is 7.13. The summed E-state index contributed by atoms with van der Waals surface area (Å²) in [6, 6.07) is 7.21. The van der Waals surface area contributed by atoms with Gasteiger partial charge in [-0.1, -0.05) is 13.0 Å². The molecule has 0 aromatic heterocycles. The number of nitriles is 1. The molecular weight excluding hydrogens is 270 g/mol. The van der Waals surface area contributed by atoms with E-state index in [0.29, 0.717) is 25.4 Å². The molecule has 0 aliphatic rings. The molecule has 0 radical (unpaired) electrons. The number of ether oxygens (including phenoxy) is 1. The normalized spacial score (nSPS) is 11.5. The van der Waals surface area contributed by atoms with Gasteiger partial charge < -0.3 is 9.64 Å². The fourth-order valence-electron chi connectivity index (χ4n) is 2.05. The first-order chi connectivity index (χ1) is 10.0. The molecule has 0 bridgehead atoms. The molecule has 0 spiro atoms. The van der Waals surface area contributed by atoms with Crippen LogP contribution in [0.3, 0.4) is 0 Å². The fourth-order valence-corrected chi connectivity index (χ4v) is 2.05. The largest absolute Gasteiger partial charge is 0.487 e. The van der Waals surface area contributed by atoms with Crippen molar-refractivity contribution in [2.75, 3.05) is 24.6 Å². The van der Waals surface area contributed by atoms with Crippen LogP contribution in [0.15, 0.2) is 18.2 Å².